The standard InChI is InChI=1S/C12H15N7O3S/c1-2-18-12(15-16-17-18)23-5-7(20)8-9(13)19(6-3-4-6)11(22)14-10(8)21/h6H,2-5,13H2,1H3,(H,14,21,22). The molecule has 0 unspecified atom stereocenters. The van der Waals surface area contributed by atoms with Gasteiger partial charge in [0.1, 0.15) is 11.4 Å². The van der Waals surface area contributed by atoms with Gasteiger partial charge in [-0.3, -0.25) is 19.1 Å². The van der Waals surface area contributed by atoms with Crippen molar-refractivity contribution >= 4 is 23.4 Å². The lowest BCUT2D eigenvalue weighted by Gasteiger charge is -2.10. The first-order valence-corrected chi connectivity index (χ1v) is 8.08. The van der Waals surface area contributed by atoms with E-state index < -0.39 is 17.0 Å². The van der Waals surface area contributed by atoms with Gasteiger partial charge in [-0.2, -0.15) is 0 Å². The minimum absolute atomic E-state index is 0.0362. The van der Waals surface area contributed by atoms with Crippen molar-refractivity contribution < 1.29 is 4.79 Å². The second-order valence-electron chi connectivity index (χ2n) is 5.11. The Labute approximate surface area is 134 Å². The van der Waals surface area contributed by atoms with Gasteiger partial charge in [-0.25, -0.2) is 9.48 Å². The van der Waals surface area contributed by atoms with E-state index in [-0.39, 0.29) is 23.2 Å². The zero-order chi connectivity index (χ0) is 16.6. The first-order valence-electron chi connectivity index (χ1n) is 7.09. The largest absolute Gasteiger partial charge is 0.384 e. The van der Waals surface area contributed by atoms with Crippen molar-refractivity contribution in [2.24, 2.45) is 0 Å². The third-order valence-electron chi connectivity index (χ3n) is 3.50. The molecule has 3 rings (SSSR count). The molecular formula is C12H15N7O3S. The van der Waals surface area contributed by atoms with Gasteiger partial charge in [-0.05, 0) is 30.2 Å². The number of ketones is 1. The number of aryl methyl sites for hydroxylation is 1. The van der Waals surface area contributed by atoms with Crippen LogP contribution >= 0.6 is 11.8 Å². The smallest absolute Gasteiger partial charge is 0.330 e. The Morgan fingerprint density at radius 3 is 2.83 bits per heavy atom. The van der Waals surface area contributed by atoms with Crippen LogP contribution in [0.25, 0.3) is 0 Å². The molecule has 1 fully saturated rings. The highest BCUT2D eigenvalue weighted by atomic mass is 32.2. The maximum Gasteiger partial charge on any atom is 0.330 e. The zero-order valence-corrected chi connectivity index (χ0v) is 13.2. The maximum atomic E-state index is 12.4. The number of rotatable bonds is 6. The summed E-state index contributed by atoms with van der Waals surface area (Å²) in [6, 6.07) is -0.0362. The van der Waals surface area contributed by atoms with Crippen molar-refractivity contribution in [3.8, 4) is 0 Å². The van der Waals surface area contributed by atoms with E-state index in [1.807, 2.05) is 6.92 Å². The van der Waals surface area contributed by atoms with Gasteiger partial charge in [0, 0.05) is 12.6 Å². The molecule has 0 bridgehead atoms. The summed E-state index contributed by atoms with van der Waals surface area (Å²) in [5.74, 6) is -0.577. The number of tetrazole rings is 1. The van der Waals surface area contributed by atoms with Gasteiger partial charge in [-0.1, -0.05) is 11.8 Å². The number of nitrogens with zero attached hydrogens (tertiary/aromatic N) is 5. The summed E-state index contributed by atoms with van der Waals surface area (Å²) >= 11 is 1.11. The van der Waals surface area contributed by atoms with E-state index in [1.54, 1.807) is 0 Å². The molecular weight excluding hydrogens is 322 g/mol. The van der Waals surface area contributed by atoms with Crippen molar-refractivity contribution in [2.45, 2.75) is 37.5 Å². The number of Topliss-reactive ketones (excluding diaryl/α,β-unsaturated/α-hetero) is 1. The molecule has 2 aromatic heterocycles. The SMILES string of the molecule is CCn1nnnc1SCC(=O)c1c(N)n(C2CC2)c(=O)[nH]c1=O. The molecule has 10 nitrogen and oxygen atoms in total. The van der Waals surface area contributed by atoms with Crippen LogP contribution in [0.2, 0.25) is 0 Å². The van der Waals surface area contributed by atoms with Crippen LogP contribution in [0.5, 0.6) is 0 Å². The van der Waals surface area contributed by atoms with Gasteiger partial charge in [0.2, 0.25) is 5.16 Å². The van der Waals surface area contributed by atoms with Gasteiger partial charge in [0.25, 0.3) is 5.56 Å². The second kappa shape index (κ2) is 5.99. The molecule has 0 radical (unpaired) electrons. The van der Waals surface area contributed by atoms with Crippen molar-refractivity contribution in [2.75, 3.05) is 11.5 Å². The van der Waals surface area contributed by atoms with Crippen LogP contribution in [-0.2, 0) is 6.54 Å². The number of aromatic amines is 1. The Morgan fingerprint density at radius 1 is 1.43 bits per heavy atom. The number of thioether (sulfide) groups is 1. The van der Waals surface area contributed by atoms with Gasteiger partial charge in [0.05, 0.1) is 5.75 Å². The van der Waals surface area contributed by atoms with Crippen LogP contribution in [0.1, 0.15) is 36.2 Å². The molecule has 23 heavy (non-hydrogen) atoms. The second-order valence-corrected chi connectivity index (χ2v) is 6.05. The highest BCUT2D eigenvalue weighted by Gasteiger charge is 2.30. The summed E-state index contributed by atoms with van der Waals surface area (Å²) in [6.45, 7) is 2.44. The fourth-order valence-electron chi connectivity index (χ4n) is 2.23. The topological polar surface area (TPSA) is 142 Å². The molecule has 0 atom stereocenters. The average molecular weight is 337 g/mol. The molecule has 2 aromatic rings. The Morgan fingerprint density at radius 2 is 2.17 bits per heavy atom. The molecule has 122 valence electrons. The summed E-state index contributed by atoms with van der Waals surface area (Å²) in [5.41, 5.74) is 4.38. The molecule has 11 heteroatoms. The fraction of sp³-hybridized carbons (Fsp3) is 0.500. The van der Waals surface area contributed by atoms with Crippen LogP contribution in [0, 0.1) is 0 Å². The van der Waals surface area contributed by atoms with Crippen molar-refractivity contribution in [3.05, 3.63) is 26.4 Å². The van der Waals surface area contributed by atoms with Crippen LogP contribution in [0.4, 0.5) is 5.82 Å². The number of anilines is 1. The van der Waals surface area contributed by atoms with Crippen molar-refractivity contribution in [1.82, 2.24) is 29.8 Å². The van der Waals surface area contributed by atoms with Gasteiger partial charge < -0.3 is 5.73 Å². The lowest BCUT2D eigenvalue weighted by molar-refractivity contribution is 0.102. The lowest BCUT2D eigenvalue weighted by atomic mass is 10.2. The third-order valence-corrected chi connectivity index (χ3v) is 4.46. The van der Waals surface area contributed by atoms with E-state index in [9.17, 15) is 14.4 Å². The average Bonchev–Trinajstić information content (AvgIpc) is 3.21. The third kappa shape index (κ3) is 2.91. The van der Waals surface area contributed by atoms with Gasteiger partial charge in [-0.15, -0.1) is 5.10 Å². The van der Waals surface area contributed by atoms with Crippen LogP contribution in [0.15, 0.2) is 14.7 Å². The maximum absolute atomic E-state index is 12.4. The van der Waals surface area contributed by atoms with Gasteiger partial charge in [0.15, 0.2) is 5.78 Å². The van der Waals surface area contributed by atoms with Gasteiger partial charge >= 0.3 is 5.69 Å². The van der Waals surface area contributed by atoms with E-state index in [4.69, 9.17) is 5.73 Å². The number of carbonyl (C=O) groups excluding carboxylic acids is 1. The molecule has 1 saturated carbocycles. The fourth-order valence-corrected chi connectivity index (χ4v) is 3.04. The monoisotopic (exact) mass is 337 g/mol. The highest BCUT2D eigenvalue weighted by Crippen LogP contribution is 2.35. The minimum Gasteiger partial charge on any atom is -0.384 e. The summed E-state index contributed by atoms with van der Waals surface area (Å²) in [7, 11) is 0. The Hall–Kier alpha value is -2.43. The number of hydrogen-bond acceptors (Lipinski definition) is 8. The molecule has 0 saturated heterocycles. The van der Waals surface area contributed by atoms with E-state index in [0.29, 0.717) is 11.7 Å². The normalized spacial score (nSPS) is 14.1. The van der Waals surface area contributed by atoms with E-state index in [2.05, 4.69) is 20.5 Å². The molecule has 3 N–H and O–H groups in total. The summed E-state index contributed by atoms with van der Waals surface area (Å²) < 4.78 is 2.83. The predicted octanol–water partition coefficient (Wildman–Crippen LogP) is -0.565. The quantitative estimate of drug-likeness (QED) is 0.527. The molecule has 1 aliphatic rings. The number of nitrogen functional groups attached to an aromatic ring is 1. The Balaban J connectivity index is 1.86. The summed E-state index contributed by atoms with van der Waals surface area (Å²) in [5, 5.41) is 11.6. The minimum atomic E-state index is -0.759. The Bertz CT molecular complexity index is 864. The van der Waals surface area contributed by atoms with Crippen LogP contribution in [0.3, 0.4) is 0 Å². The number of H-pyrrole nitrogens is 1. The molecule has 2 heterocycles. The molecule has 0 aliphatic heterocycles. The molecule has 0 aromatic carbocycles. The number of hydrogen-bond donors (Lipinski definition) is 2. The van der Waals surface area contributed by atoms with Crippen molar-refractivity contribution in [3.63, 3.8) is 0 Å². The zero-order valence-electron chi connectivity index (χ0n) is 12.4. The van der Waals surface area contributed by atoms with Crippen LogP contribution < -0.4 is 17.0 Å². The number of aromatic nitrogens is 6. The summed E-state index contributed by atoms with van der Waals surface area (Å²) in [6.07, 6.45) is 1.62. The molecule has 0 spiro atoms. The van der Waals surface area contributed by atoms with E-state index in [0.717, 1.165) is 24.6 Å². The molecule has 0 amide bonds. The molecule has 1 aliphatic carbocycles. The Kier molecular flexibility index (Phi) is 4.03. The number of carbonyl (C=O) groups is 1. The van der Waals surface area contributed by atoms with Crippen molar-refractivity contribution in [1.29, 1.82) is 0 Å². The first kappa shape index (κ1) is 15.5. The van der Waals surface area contributed by atoms with E-state index >= 15 is 0 Å². The van der Waals surface area contributed by atoms with Crippen LogP contribution in [-0.4, -0.2) is 41.3 Å². The predicted molar refractivity (Wildman–Crippen MR) is 82.6 cm³/mol. The number of nitrogens with one attached hydrogen (secondary N) is 1. The lowest BCUT2D eigenvalue weighted by Crippen LogP contribution is -2.36. The van der Waals surface area contributed by atoms with E-state index in [1.165, 1.54) is 9.25 Å². The first-order chi connectivity index (χ1) is 11.0. The number of nitrogens with two attached hydrogens (primary N) is 1. The highest BCUT2D eigenvalue weighted by molar-refractivity contribution is 7.99. The summed E-state index contributed by atoms with van der Waals surface area (Å²) in [4.78, 5) is 38.3.